The summed E-state index contributed by atoms with van der Waals surface area (Å²) in [5.41, 5.74) is 7.03. The molecule has 0 bridgehead atoms. The van der Waals surface area contributed by atoms with E-state index >= 15 is 0 Å². The Kier molecular flexibility index (Phi) is 5.94. The van der Waals surface area contributed by atoms with Crippen molar-refractivity contribution >= 4 is 28.8 Å². The Balaban J connectivity index is 2.17. The molecule has 0 radical (unpaired) electrons. The van der Waals surface area contributed by atoms with Gasteiger partial charge in [0.2, 0.25) is 0 Å². The van der Waals surface area contributed by atoms with Crippen molar-refractivity contribution in [1.29, 1.82) is 0 Å². The van der Waals surface area contributed by atoms with E-state index in [9.17, 15) is 4.79 Å². The molecule has 0 saturated carbocycles. The average molecular weight is 338 g/mol. The second-order valence-corrected chi connectivity index (χ2v) is 6.70. The van der Waals surface area contributed by atoms with Gasteiger partial charge >= 0.3 is 0 Å². The Bertz CT molecular complexity index is 642. The first-order valence-electron chi connectivity index (χ1n) is 7.21. The molecule has 1 aromatic heterocycles. The summed E-state index contributed by atoms with van der Waals surface area (Å²) in [5, 5.41) is 3.38. The fraction of sp³-hybridized carbons (Fsp3) is 0.375. The summed E-state index contributed by atoms with van der Waals surface area (Å²) in [6, 6.07) is 7.64. The van der Waals surface area contributed by atoms with Crippen LogP contribution in [0.15, 0.2) is 29.6 Å². The van der Waals surface area contributed by atoms with E-state index in [1.165, 1.54) is 11.3 Å². The Hall–Kier alpha value is -1.43. The predicted octanol–water partition coefficient (Wildman–Crippen LogP) is 3.35. The lowest BCUT2D eigenvalue weighted by Gasteiger charge is -2.26. The third-order valence-electron chi connectivity index (χ3n) is 3.26. The summed E-state index contributed by atoms with van der Waals surface area (Å²) in [7, 11) is 0. The number of hydrogen-bond acceptors (Lipinski definition) is 4. The van der Waals surface area contributed by atoms with Crippen LogP contribution in [0.2, 0.25) is 5.02 Å². The molecule has 0 saturated heterocycles. The first kappa shape index (κ1) is 16.9. The lowest BCUT2D eigenvalue weighted by Crippen LogP contribution is -2.36. The number of nitrogens with zero attached hydrogens (tertiary/aromatic N) is 2. The highest BCUT2D eigenvalue weighted by atomic mass is 35.5. The van der Waals surface area contributed by atoms with Crippen molar-refractivity contribution in [2.45, 2.75) is 32.9 Å². The predicted molar refractivity (Wildman–Crippen MR) is 91.3 cm³/mol. The van der Waals surface area contributed by atoms with Crippen LogP contribution in [0.5, 0.6) is 0 Å². The fourth-order valence-electron chi connectivity index (χ4n) is 2.12. The van der Waals surface area contributed by atoms with Crippen molar-refractivity contribution in [2.24, 2.45) is 5.73 Å². The third kappa shape index (κ3) is 4.29. The first-order chi connectivity index (χ1) is 10.5. The number of thiazole rings is 1. The Morgan fingerprint density at radius 2 is 2.23 bits per heavy atom. The molecule has 2 rings (SSSR count). The largest absolute Gasteiger partial charge is 0.331 e. The van der Waals surface area contributed by atoms with Gasteiger partial charge in [0.05, 0.1) is 5.01 Å². The maximum atomic E-state index is 12.7. The summed E-state index contributed by atoms with van der Waals surface area (Å²) in [6.07, 6.45) is 0.702. The molecule has 22 heavy (non-hydrogen) atoms. The van der Waals surface area contributed by atoms with Crippen LogP contribution in [0.1, 0.15) is 34.9 Å². The van der Waals surface area contributed by atoms with Crippen molar-refractivity contribution < 1.29 is 4.79 Å². The molecule has 0 aliphatic rings. The van der Waals surface area contributed by atoms with Gasteiger partial charge in [-0.2, -0.15) is 0 Å². The SMILES string of the molecule is CC(C)N(Cc1cccc(Cl)c1)C(=O)c1csc(CCN)n1. The van der Waals surface area contributed by atoms with E-state index in [4.69, 9.17) is 17.3 Å². The molecule has 4 nitrogen and oxygen atoms in total. The molecular formula is C16H20ClN3OS. The van der Waals surface area contributed by atoms with Crippen LogP contribution in [0.25, 0.3) is 0 Å². The number of halogens is 1. The molecule has 0 aliphatic heterocycles. The van der Waals surface area contributed by atoms with Crippen LogP contribution >= 0.6 is 22.9 Å². The Morgan fingerprint density at radius 3 is 2.86 bits per heavy atom. The normalized spacial score (nSPS) is 11.0. The number of hydrogen-bond donors (Lipinski definition) is 1. The van der Waals surface area contributed by atoms with Gasteiger partial charge in [-0.05, 0) is 38.1 Å². The topological polar surface area (TPSA) is 59.2 Å². The van der Waals surface area contributed by atoms with E-state index in [0.29, 0.717) is 30.2 Å². The molecule has 1 amide bonds. The van der Waals surface area contributed by atoms with Crippen LogP contribution in [0, 0.1) is 0 Å². The van der Waals surface area contributed by atoms with Gasteiger partial charge in [0.15, 0.2) is 0 Å². The second-order valence-electron chi connectivity index (χ2n) is 5.32. The van der Waals surface area contributed by atoms with Crippen molar-refractivity contribution in [1.82, 2.24) is 9.88 Å². The van der Waals surface area contributed by atoms with Gasteiger partial charge in [0.25, 0.3) is 5.91 Å². The van der Waals surface area contributed by atoms with Gasteiger partial charge in [0.1, 0.15) is 5.69 Å². The zero-order valence-corrected chi connectivity index (χ0v) is 14.3. The number of nitrogens with two attached hydrogens (primary N) is 1. The molecule has 0 aliphatic carbocycles. The lowest BCUT2D eigenvalue weighted by molar-refractivity contribution is 0.0685. The lowest BCUT2D eigenvalue weighted by atomic mass is 10.2. The molecular weight excluding hydrogens is 318 g/mol. The number of rotatable bonds is 6. The summed E-state index contributed by atoms with van der Waals surface area (Å²) < 4.78 is 0. The molecule has 1 aromatic carbocycles. The molecule has 118 valence electrons. The Morgan fingerprint density at radius 1 is 1.45 bits per heavy atom. The minimum absolute atomic E-state index is 0.0607. The maximum absolute atomic E-state index is 12.7. The molecule has 0 unspecified atom stereocenters. The van der Waals surface area contributed by atoms with Crippen molar-refractivity contribution in [3.8, 4) is 0 Å². The standard InChI is InChI=1S/C16H20ClN3OS/c1-11(2)20(9-12-4-3-5-13(17)8-12)16(21)14-10-22-15(19-14)6-7-18/h3-5,8,10-11H,6-7,9,18H2,1-2H3. The minimum Gasteiger partial charge on any atom is -0.331 e. The van der Waals surface area contributed by atoms with E-state index in [-0.39, 0.29) is 11.9 Å². The third-order valence-corrected chi connectivity index (χ3v) is 4.40. The second kappa shape index (κ2) is 7.72. The van der Waals surface area contributed by atoms with E-state index in [2.05, 4.69) is 4.98 Å². The summed E-state index contributed by atoms with van der Waals surface area (Å²) in [4.78, 5) is 18.9. The zero-order chi connectivity index (χ0) is 16.1. The van der Waals surface area contributed by atoms with Gasteiger partial charge < -0.3 is 10.6 Å². The van der Waals surface area contributed by atoms with Gasteiger partial charge in [-0.15, -0.1) is 11.3 Å². The summed E-state index contributed by atoms with van der Waals surface area (Å²) >= 11 is 7.50. The number of aromatic nitrogens is 1. The molecule has 2 aromatic rings. The highest BCUT2D eigenvalue weighted by molar-refractivity contribution is 7.09. The van der Waals surface area contributed by atoms with E-state index < -0.39 is 0 Å². The quantitative estimate of drug-likeness (QED) is 0.879. The smallest absolute Gasteiger partial charge is 0.273 e. The van der Waals surface area contributed by atoms with Crippen LogP contribution in [0.4, 0.5) is 0 Å². The summed E-state index contributed by atoms with van der Waals surface area (Å²) in [5.74, 6) is -0.0607. The first-order valence-corrected chi connectivity index (χ1v) is 8.47. The number of benzene rings is 1. The Labute approximate surface area is 139 Å². The van der Waals surface area contributed by atoms with Gasteiger partial charge in [-0.3, -0.25) is 4.79 Å². The van der Waals surface area contributed by atoms with Gasteiger partial charge in [-0.25, -0.2) is 4.98 Å². The zero-order valence-electron chi connectivity index (χ0n) is 12.8. The molecule has 0 atom stereocenters. The van der Waals surface area contributed by atoms with Crippen LogP contribution in [-0.4, -0.2) is 28.4 Å². The molecule has 0 spiro atoms. The highest BCUT2D eigenvalue weighted by Crippen LogP contribution is 2.18. The maximum Gasteiger partial charge on any atom is 0.273 e. The van der Waals surface area contributed by atoms with Gasteiger partial charge in [0, 0.05) is 29.4 Å². The molecule has 2 N–H and O–H groups in total. The van der Waals surface area contributed by atoms with E-state index in [1.54, 1.807) is 10.3 Å². The number of carbonyl (C=O) groups excluding carboxylic acids is 1. The van der Waals surface area contributed by atoms with E-state index in [0.717, 1.165) is 10.6 Å². The molecule has 6 heteroatoms. The van der Waals surface area contributed by atoms with Crippen LogP contribution in [0.3, 0.4) is 0 Å². The molecule has 0 fully saturated rings. The van der Waals surface area contributed by atoms with E-state index in [1.807, 2.05) is 38.1 Å². The average Bonchev–Trinajstić information content (AvgIpc) is 2.93. The monoisotopic (exact) mass is 337 g/mol. The number of carbonyl (C=O) groups is 1. The summed E-state index contributed by atoms with van der Waals surface area (Å²) in [6.45, 7) is 5.05. The van der Waals surface area contributed by atoms with Crippen molar-refractivity contribution in [2.75, 3.05) is 6.54 Å². The number of amides is 1. The minimum atomic E-state index is -0.0607. The fourth-order valence-corrected chi connectivity index (χ4v) is 3.12. The van der Waals surface area contributed by atoms with Gasteiger partial charge in [-0.1, -0.05) is 23.7 Å². The molecule has 1 heterocycles. The van der Waals surface area contributed by atoms with Crippen LogP contribution < -0.4 is 5.73 Å². The van der Waals surface area contributed by atoms with Crippen molar-refractivity contribution in [3.05, 3.63) is 50.9 Å². The van der Waals surface area contributed by atoms with Crippen molar-refractivity contribution in [3.63, 3.8) is 0 Å². The highest BCUT2D eigenvalue weighted by Gasteiger charge is 2.21. The van der Waals surface area contributed by atoms with Crippen LogP contribution in [-0.2, 0) is 13.0 Å².